The highest BCUT2D eigenvalue weighted by Gasteiger charge is 2.74. The van der Waals surface area contributed by atoms with E-state index >= 15 is 0 Å². The number of piperidine rings is 1. The maximum atomic E-state index is 12.4. The van der Waals surface area contributed by atoms with Crippen molar-refractivity contribution in [3.05, 3.63) is 23.9 Å². The van der Waals surface area contributed by atoms with Gasteiger partial charge in [0.1, 0.15) is 6.10 Å². The SMILES string of the molecule is CN1CC2CC23CC(Oc2ccc(C(F)F)cn2)C13. The van der Waals surface area contributed by atoms with E-state index in [1.807, 2.05) is 0 Å². The molecule has 0 aromatic carbocycles. The van der Waals surface area contributed by atoms with E-state index in [1.165, 1.54) is 25.2 Å². The molecule has 4 unspecified atom stereocenters. The van der Waals surface area contributed by atoms with Gasteiger partial charge >= 0.3 is 0 Å². The molecule has 2 saturated carbocycles. The van der Waals surface area contributed by atoms with Crippen molar-refractivity contribution in [1.29, 1.82) is 0 Å². The number of likely N-dealkylation sites (tertiary alicyclic amines) is 1. The van der Waals surface area contributed by atoms with Gasteiger partial charge in [0.05, 0.1) is 6.04 Å². The smallest absolute Gasteiger partial charge is 0.265 e. The molecule has 2 aliphatic carbocycles. The molecule has 4 atom stereocenters. The second kappa shape index (κ2) is 3.66. The summed E-state index contributed by atoms with van der Waals surface area (Å²) in [5.74, 6) is 1.32. The van der Waals surface area contributed by atoms with Crippen molar-refractivity contribution in [2.45, 2.75) is 31.4 Å². The second-order valence-corrected chi connectivity index (χ2v) is 6.11. The number of nitrogens with zero attached hydrogens (tertiary/aromatic N) is 2. The van der Waals surface area contributed by atoms with Crippen molar-refractivity contribution in [3.8, 4) is 5.88 Å². The monoisotopic (exact) mass is 266 g/mol. The number of hydrogen-bond acceptors (Lipinski definition) is 3. The number of alkyl halides is 2. The molecule has 19 heavy (non-hydrogen) atoms. The highest BCUT2D eigenvalue weighted by atomic mass is 19.3. The predicted octanol–water partition coefficient (Wildman–Crippen LogP) is 2.49. The van der Waals surface area contributed by atoms with Crippen LogP contribution in [0.5, 0.6) is 5.88 Å². The minimum absolute atomic E-state index is 0.0577. The van der Waals surface area contributed by atoms with Gasteiger partial charge in [-0.3, -0.25) is 4.90 Å². The molecule has 102 valence electrons. The molecule has 4 rings (SSSR count). The molecule has 0 bridgehead atoms. The lowest BCUT2D eigenvalue weighted by Crippen LogP contribution is -2.56. The van der Waals surface area contributed by atoms with E-state index in [2.05, 4.69) is 16.9 Å². The maximum absolute atomic E-state index is 12.4. The van der Waals surface area contributed by atoms with Crippen LogP contribution >= 0.6 is 0 Å². The minimum atomic E-state index is -2.47. The number of aromatic nitrogens is 1. The first-order chi connectivity index (χ1) is 9.10. The van der Waals surface area contributed by atoms with Gasteiger partial charge in [-0.05, 0) is 37.3 Å². The van der Waals surface area contributed by atoms with E-state index in [0.29, 0.717) is 17.3 Å². The van der Waals surface area contributed by atoms with Gasteiger partial charge in [0.15, 0.2) is 0 Å². The molecule has 1 saturated heterocycles. The summed E-state index contributed by atoms with van der Waals surface area (Å²) >= 11 is 0. The van der Waals surface area contributed by atoms with Crippen LogP contribution in [0.1, 0.15) is 24.8 Å². The van der Waals surface area contributed by atoms with Gasteiger partial charge in [-0.1, -0.05) is 0 Å². The van der Waals surface area contributed by atoms with Crippen molar-refractivity contribution in [2.24, 2.45) is 11.3 Å². The first-order valence-electron chi connectivity index (χ1n) is 6.71. The van der Waals surface area contributed by atoms with E-state index in [-0.39, 0.29) is 11.7 Å². The second-order valence-electron chi connectivity index (χ2n) is 6.11. The molecule has 1 spiro atoms. The maximum Gasteiger partial charge on any atom is 0.265 e. The molecule has 0 amide bonds. The van der Waals surface area contributed by atoms with E-state index in [9.17, 15) is 8.78 Å². The van der Waals surface area contributed by atoms with Gasteiger partial charge in [0.2, 0.25) is 5.88 Å². The molecule has 1 aromatic rings. The van der Waals surface area contributed by atoms with Gasteiger partial charge in [0, 0.05) is 24.4 Å². The normalized spacial score (nSPS) is 39.7. The molecule has 1 aromatic heterocycles. The topological polar surface area (TPSA) is 25.4 Å². The standard InChI is InChI=1S/C14H16F2N2O/c1-18-7-9-4-14(9)5-10(12(14)18)19-11-3-2-8(6-17-11)13(15)16/h2-3,6,9-10,12-13H,4-5,7H2,1H3. The zero-order valence-electron chi connectivity index (χ0n) is 10.7. The Kier molecular flexibility index (Phi) is 2.23. The number of ether oxygens (including phenoxy) is 1. The minimum Gasteiger partial charge on any atom is -0.473 e. The predicted molar refractivity (Wildman–Crippen MR) is 65.2 cm³/mol. The molecule has 3 nitrogen and oxygen atoms in total. The molecular weight excluding hydrogens is 250 g/mol. The molecule has 1 aliphatic heterocycles. The zero-order valence-corrected chi connectivity index (χ0v) is 10.7. The van der Waals surface area contributed by atoms with Crippen LogP contribution in [0.2, 0.25) is 0 Å². The largest absolute Gasteiger partial charge is 0.473 e. The summed E-state index contributed by atoms with van der Waals surface area (Å²) in [6.07, 6.45) is 1.32. The third-order valence-corrected chi connectivity index (χ3v) is 5.07. The highest BCUT2D eigenvalue weighted by molar-refractivity contribution is 5.27. The molecule has 5 heteroatoms. The number of likely N-dealkylation sites (N-methyl/N-ethyl adjacent to an activating group) is 1. The van der Waals surface area contributed by atoms with Crippen LogP contribution in [0.3, 0.4) is 0 Å². The summed E-state index contributed by atoms with van der Waals surface area (Å²) in [5.41, 5.74) is 0.458. The van der Waals surface area contributed by atoms with E-state index in [4.69, 9.17) is 4.74 Å². The summed E-state index contributed by atoms with van der Waals surface area (Å²) in [5, 5.41) is 0. The molecule has 0 N–H and O–H groups in total. The summed E-state index contributed by atoms with van der Waals surface area (Å²) in [6, 6.07) is 3.43. The Hall–Kier alpha value is -1.23. The first kappa shape index (κ1) is 11.6. The fourth-order valence-corrected chi connectivity index (χ4v) is 4.11. The average molecular weight is 266 g/mol. The fourth-order valence-electron chi connectivity index (χ4n) is 4.11. The van der Waals surface area contributed by atoms with Crippen LogP contribution in [0.4, 0.5) is 8.78 Å². The van der Waals surface area contributed by atoms with Crippen molar-refractivity contribution in [1.82, 2.24) is 9.88 Å². The van der Waals surface area contributed by atoms with E-state index in [0.717, 1.165) is 12.3 Å². The third kappa shape index (κ3) is 1.54. The average Bonchev–Trinajstić information content (AvgIpc) is 2.99. The first-order valence-corrected chi connectivity index (χ1v) is 6.71. The Morgan fingerprint density at radius 1 is 1.42 bits per heavy atom. The van der Waals surface area contributed by atoms with Crippen LogP contribution < -0.4 is 4.74 Å². The lowest BCUT2D eigenvalue weighted by molar-refractivity contribution is -0.0341. The van der Waals surface area contributed by atoms with Crippen LogP contribution in [-0.2, 0) is 0 Å². The lowest BCUT2D eigenvalue weighted by atomic mass is 9.73. The molecule has 2 heterocycles. The summed E-state index contributed by atoms with van der Waals surface area (Å²) in [4.78, 5) is 6.35. The van der Waals surface area contributed by atoms with Crippen molar-refractivity contribution < 1.29 is 13.5 Å². The number of pyridine rings is 1. The fraction of sp³-hybridized carbons (Fsp3) is 0.643. The van der Waals surface area contributed by atoms with Crippen LogP contribution in [0.15, 0.2) is 18.3 Å². The van der Waals surface area contributed by atoms with Crippen LogP contribution in [0.25, 0.3) is 0 Å². The van der Waals surface area contributed by atoms with Gasteiger partial charge in [-0.25, -0.2) is 13.8 Å². The Morgan fingerprint density at radius 2 is 2.26 bits per heavy atom. The van der Waals surface area contributed by atoms with Gasteiger partial charge in [0.25, 0.3) is 6.43 Å². The molecule has 3 aliphatic rings. The van der Waals surface area contributed by atoms with Crippen LogP contribution in [-0.4, -0.2) is 35.6 Å². The summed E-state index contributed by atoms with van der Waals surface area (Å²) in [7, 11) is 2.14. The zero-order chi connectivity index (χ0) is 13.2. The van der Waals surface area contributed by atoms with Gasteiger partial charge in [-0.15, -0.1) is 0 Å². The van der Waals surface area contributed by atoms with Crippen molar-refractivity contribution in [2.75, 3.05) is 13.6 Å². The summed E-state index contributed by atoms with van der Waals surface area (Å²) in [6.45, 7) is 1.17. The number of rotatable bonds is 3. The van der Waals surface area contributed by atoms with Gasteiger partial charge < -0.3 is 4.74 Å². The quantitative estimate of drug-likeness (QED) is 0.840. The molecule has 0 radical (unpaired) electrons. The number of hydrogen-bond donors (Lipinski definition) is 0. The van der Waals surface area contributed by atoms with E-state index < -0.39 is 6.43 Å². The Labute approximate surface area is 110 Å². The summed E-state index contributed by atoms with van der Waals surface area (Å²) < 4.78 is 30.7. The third-order valence-electron chi connectivity index (χ3n) is 5.07. The van der Waals surface area contributed by atoms with Crippen molar-refractivity contribution >= 4 is 0 Å². The van der Waals surface area contributed by atoms with Crippen LogP contribution in [0, 0.1) is 11.3 Å². The highest BCUT2D eigenvalue weighted by Crippen LogP contribution is 2.71. The Bertz CT molecular complexity index is 507. The van der Waals surface area contributed by atoms with E-state index in [1.54, 1.807) is 6.07 Å². The van der Waals surface area contributed by atoms with Crippen molar-refractivity contribution in [3.63, 3.8) is 0 Å². The lowest BCUT2D eigenvalue weighted by Gasteiger charge is -2.46. The van der Waals surface area contributed by atoms with Gasteiger partial charge in [-0.2, -0.15) is 0 Å². The Balaban J connectivity index is 1.45. The number of halogens is 2. The molecule has 3 fully saturated rings. The molecular formula is C14H16F2N2O. The Morgan fingerprint density at radius 3 is 2.89 bits per heavy atom.